The number of rotatable bonds is 5. The summed E-state index contributed by atoms with van der Waals surface area (Å²) in [5.41, 5.74) is 2.31. The molecule has 6 nitrogen and oxygen atoms in total. The van der Waals surface area contributed by atoms with Crippen LogP contribution in [0.5, 0.6) is 0 Å². The third-order valence-electron chi connectivity index (χ3n) is 4.10. The number of nitriles is 1. The van der Waals surface area contributed by atoms with Crippen LogP contribution in [0.25, 0.3) is 0 Å². The molecule has 3 rings (SSSR count). The van der Waals surface area contributed by atoms with Crippen LogP contribution < -0.4 is 5.32 Å². The molecule has 1 aromatic heterocycles. The molecule has 0 unspecified atom stereocenters. The lowest BCUT2D eigenvalue weighted by atomic mass is 9.86. The first-order valence-electron chi connectivity index (χ1n) is 8.25. The maximum Gasteiger partial charge on any atom is 0.277 e. The van der Waals surface area contributed by atoms with Crippen LogP contribution in [0.2, 0.25) is 0 Å². The van der Waals surface area contributed by atoms with E-state index in [1.807, 2.05) is 56.3 Å². The second-order valence-corrected chi connectivity index (χ2v) is 6.56. The summed E-state index contributed by atoms with van der Waals surface area (Å²) in [6, 6.07) is 19.3. The SMILES string of the molecule is CC(C)(C#N)c1ccc(NC(=O)c2cn(Cc3ccccc3)nn2)cc1. The number of carbonyl (C=O) groups excluding carboxylic acids is 1. The van der Waals surface area contributed by atoms with Gasteiger partial charge >= 0.3 is 0 Å². The first-order valence-corrected chi connectivity index (χ1v) is 8.25. The van der Waals surface area contributed by atoms with E-state index in [2.05, 4.69) is 21.7 Å². The van der Waals surface area contributed by atoms with Crippen LogP contribution >= 0.6 is 0 Å². The molecule has 6 heteroatoms. The Balaban J connectivity index is 1.66. The largest absolute Gasteiger partial charge is 0.321 e. The van der Waals surface area contributed by atoms with Crippen molar-refractivity contribution in [1.82, 2.24) is 15.0 Å². The van der Waals surface area contributed by atoms with Crippen molar-refractivity contribution in [2.24, 2.45) is 0 Å². The minimum Gasteiger partial charge on any atom is -0.321 e. The summed E-state index contributed by atoms with van der Waals surface area (Å²) in [5.74, 6) is -0.323. The van der Waals surface area contributed by atoms with Crippen LogP contribution in [0, 0.1) is 11.3 Å². The van der Waals surface area contributed by atoms with E-state index in [1.54, 1.807) is 23.0 Å². The van der Waals surface area contributed by atoms with E-state index < -0.39 is 5.41 Å². The van der Waals surface area contributed by atoms with Gasteiger partial charge in [-0.05, 0) is 37.1 Å². The van der Waals surface area contributed by atoms with Gasteiger partial charge in [-0.2, -0.15) is 5.26 Å². The van der Waals surface area contributed by atoms with Crippen LogP contribution in [0.3, 0.4) is 0 Å². The molecule has 1 amide bonds. The van der Waals surface area contributed by atoms with E-state index in [1.165, 1.54) is 0 Å². The maximum atomic E-state index is 12.3. The fraction of sp³-hybridized carbons (Fsp3) is 0.200. The van der Waals surface area contributed by atoms with Crippen LogP contribution in [-0.2, 0) is 12.0 Å². The summed E-state index contributed by atoms with van der Waals surface area (Å²) in [7, 11) is 0. The monoisotopic (exact) mass is 345 g/mol. The van der Waals surface area contributed by atoms with Crippen molar-refractivity contribution in [3.8, 4) is 6.07 Å². The Hall–Kier alpha value is -3.46. The van der Waals surface area contributed by atoms with Gasteiger partial charge < -0.3 is 5.32 Å². The number of nitrogens with zero attached hydrogens (tertiary/aromatic N) is 4. The zero-order chi connectivity index (χ0) is 18.6. The Bertz CT molecular complexity index is 936. The zero-order valence-electron chi connectivity index (χ0n) is 14.7. The Morgan fingerprint density at radius 3 is 2.50 bits per heavy atom. The van der Waals surface area contributed by atoms with Gasteiger partial charge in [0.25, 0.3) is 5.91 Å². The van der Waals surface area contributed by atoms with Gasteiger partial charge in [0.1, 0.15) is 0 Å². The van der Waals surface area contributed by atoms with E-state index in [4.69, 9.17) is 0 Å². The van der Waals surface area contributed by atoms with E-state index in [0.29, 0.717) is 12.2 Å². The summed E-state index contributed by atoms with van der Waals surface area (Å²) in [6.45, 7) is 4.26. The van der Waals surface area contributed by atoms with Gasteiger partial charge in [0.2, 0.25) is 0 Å². The predicted octanol–water partition coefficient (Wildman–Crippen LogP) is 3.38. The van der Waals surface area contributed by atoms with E-state index >= 15 is 0 Å². The van der Waals surface area contributed by atoms with Gasteiger partial charge in [0.15, 0.2) is 5.69 Å². The molecule has 1 heterocycles. The predicted molar refractivity (Wildman–Crippen MR) is 98.6 cm³/mol. The molecule has 0 fully saturated rings. The van der Waals surface area contributed by atoms with Crippen molar-refractivity contribution >= 4 is 11.6 Å². The smallest absolute Gasteiger partial charge is 0.277 e. The fourth-order valence-corrected chi connectivity index (χ4v) is 2.48. The summed E-state index contributed by atoms with van der Waals surface area (Å²) in [6.07, 6.45) is 1.62. The number of benzene rings is 2. The molecule has 26 heavy (non-hydrogen) atoms. The minimum absolute atomic E-state index is 0.252. The van der Waals surface area contributed by atoms with Gasteiger partial charge in [-0.25, -0.2) is 4.68 Å². The zero-order valence-corrected chi connectivity index (χ0v) is 14.7. The van der Waals surface area contributed by atoms with Crippen molar-refractivity contribution < 1.29 is 4.79 Å². The molecule has 0 radical (unpaired) electrons. The molecule has 1 N–H and O–H groups in total. The number of hydrogen-bond acceptors (Lipinski definition) is 4. The summed E-state index contributed by atoms with van der Waals surface area (Å²) in [5, 5.41) is 19.9. The second kappa shape index (κ2) is 7.19. The summed E-state index contributed by atoms with van der Waals surface area (Å²) < 4.78 is 1.63. The van der Waals surface area contributed by atoms with Crippen molar-refractivity contribution in [3.63, 3.8) is 0 Å². The molecular formula is C20H19N5O. The number of amides is 1. The Morgan fingerprint density at radius 2 is 1.85 bits per heavy atom. The average molecular weight is 345 g/mol. The molecule has 0 aliphatic rings. The Labute approximate surface area is 152 Å². The fourth-order valence-electron chi connectivity index (χ4n) is 2.48. The highest BCUT2D eigenvalue weighted by molar-refractivity contribution is 6.02. The van der Waals surface area contributed by atoms with Gasteiger partial charge in [-0.3, -0.25) is 4.79 Å². The average Bonchev–Trinajstić information content (AvgIpc) is 3.12. The number of hydrogen-bond donors (Lipinski definition) is 1. The molecule has 0 aliphatic carbocycles. The molecule has 0 bridgehead atoms. The van der Waals surface area contributed by atoms with E-state index in [9.17, 15) is 10.1 Å². The van der Waals surface area contributed by atoms with Crippen molar-refractivity contribution in [2.75, 3.05) is 5.32 Å². The maximum absolute atomic E-state index is 12.3. The topological polar surface area (TPSA) is 83.6 Å². The minimum atomic E-state index is -0.567. The first-order chi connectivity index (χ1) is 12.5. The first kappa shape index (κ1) is 17.4. The van der Waals surface area contributed by atoms with Gasteiger partial charge in [0, 0.05) is 5.69 Å². The normalized spacial score (nSPS) is 11.0. The van der Waals surface area contributed by atoms with Crippen LogP contribution in [0.4, 0.5) is 5.69 Å². The summed E-state index contributed by atoms with van der Waals surface area (Å²) >= 11 is 0. The molecule has 0 aliphatic heterocycles. The summed E-state index contributed by atoms with van der Waals surface area (Å²) in [4.78, 5) is 12.3. The number of nitrogens with one attached hydrogen (secondary N) is 1. The Morgan fingerprint density at radius 1 is 1.15 bits per heavy atom. The van der Waals surface area contributed by atoms with Crippen LogP contribution in [0.1, 0.15) is 35.5 Å². The van der Waals surface area contributed by atoms with E-state index in [0.717, 1.165) is 11.1 Å². The number of anilines is 1. The third-order valence-corrected chi connectivity index (χ3v) is 4.10. The molecule has 130 valence electrons. The number of carbonyl (C=O) groups is 1. The molecule has 0 atom stereocenters. The lowest BCUT2D eigenvalue weighted by molar-refractivity contribution is 0.102. The quantitative estimate of drug-likeness (QED) is 0.768. The van der Waals surface area contributed by atoms with Crippen molar-refractivity contribution in [3.05, 3.63) is 77.6 Å². The highest BCUT2D eigenvalue weighted by atomic mass is 16.2. The number of aromatic nitrogens is 3. The standard InChI is InChI=1S/C20H19N5O/c1-20(2,14-21)16-8-10-17(11-9-16)22-19(26)18-13-25(24-23-18)12-15-6-4-3-5-7-15/h3-11,13H,12H2,1-2H3,(H,22,26). The Kier molecular flexibility index (Phi) is 4.81. The lowest BCUT2D eigenvalue weighted by Crippen LogP contribution is -2.15. The highest BCUT2D eigenvalue weighted by Gasteiger charge is 2.19. The lowest BCUT2D eigenvalue weighted by Gasteiger charge is -2.16. The molecule has 0 saturated heterocycles. The van der Waals surface area contributed by atoms with Crippen LogP contribution in [-0.4, -0.2) is 20.9 Å². The van der Waals surface area contributed by atoms with Gasteiger partial charge in [-0.15, -0.1) is 5.10 Å². The van der Waals surface area contributed by atoms with Gasteiger partial charge in [-0.1, -0.05) is 47.7 Å². The molecular weight excluding hydrogens is 326 g/mol. The van der Waals surface area contributed by atoms with Crippen molar-refractivity contribution in [2.45, 2.75) is 25.8 Å². The molecule has 0 spiro atoms. The third kappa shape index (κ3) is 3.95. The van der Waals surface area contributed by atoms with E-state index in [-0.39, 0.29) is 11.6 Å². The molecule has 0 saturated carbocycles. The van der Waals surface area contributed by atoms with Crippen LogP contribution in [0.15, 0.2) is 60.8 Å². The van der Waals surface area contributed by atoms with Crippen molar-refractivity contribution in [1.29, 1.82) is 5.26 Å². The highest BCUT2D eigenvalue weighted by Crippen LogP contribution is 2.23. The van der Waals surface area contributed by atoms with Gasteiger partial charge in [0.05, 0.1) is 24.2 Å². The molecule has 2 aromatic carbocycles. The molecule has 3 aromatic rings. The second-order valence-electron chi connectivity index (χ2n) is 6.56.